The zero-order valence-electron chi connectivity index (χ0n) is 11.3. The lowest BCUT2D eigenvalue weighted by Gasteiger charge is -2.26. The van der Waals surface area contributed by atoms with E-state index in [1.54, 1.807) is 17.0 Å². The summed E-state index contributed by atoms with van der Waals surface area (Å²) in [5.74, 6) is -0.226. The number of ether oxygens (including phenoxy) is 1. The molecule has 1 N–H and O–H groups in total. The normalized spacial score (nSPS) is 18.0. The molecule has 0 bridgehead atoms. The Hall–Kier alpha value is -0.870. The smallest absolute Gasteiger partial charge is 0.338 e. The van der Waals surface area contributed by atoms with Crippen LogP contribution in [0.5, 0.6) is 0 Å². The first kappa shape index (κ1) is 14.5. The Morgan fingerprint density at radius 1 is 1.26 bits per heavy atom. The molecule has 1 aliphatic heterocycles. The van der Waals surface area contributed by atoms with Gasteiger partial charge in [0.2, 0.25) is 0 Å². The topological polar surface area (TPSA) is 30.7 Å². The fourth-order valence-electron chi connectivity index (χ4n) is 2.54. The van der Waals surface area contributed by atoms with Crippen LogP contribution in [0.1, 0.15) is 36.5 Å². The van der Waals surface area contributed by atoms with E-state index >= 15 is 0 Å². The number of piperidine rings is 1. The van der Waals surface area contributed by atoms with Crippen LogP contribution in [0.15, 0.2) is 28.7 Å². The van der Waals surface area contributed by atoms with E-state index in [4.69, 9.17) is 4.74 Å². The van der Waals surface area contributed by atoms with Crippen LogP contribution in [0.25, 0.3) is 0 Å². The van der Waals surface area contributed by atoms with Crippen molar-refractivity contribution in [2.75, 3.05) is 19.6 Å². The lowest BCUT2D eigenvalue weighted by molar-refractivity contribution is -0.907. The van der Waals surface area contributed by atoms with E-state index in [1.807, 2.05) is 19.1 Å². The van der Waals surface area contributed by atoms with Crippen LogP contribution >= 0.6 is 15.9 Å². The second-order valence-corrected chi connectivity index (χ2v) is 6.15. The highest BCUT2D eigenvalue weighted by molar-refractivity contribution is 9.10. The fraction of sp³-hybridized carbons (Fsp3) is 0.533. The van der Waals surface area contributed by atoms with Gasteiger partial charge in [-0.1, -0.05) is 15.9 Å². The van der Waals surface area contributed by atoms with Crippen molar-refractivity contribution in [1.82, 2.24) is 0 Å². The van der Waals surface area contributed by atoms with Crippen LogP contribution in [0, 0.1) is 0 Å². The Morgan fingerprint density at radius 3 is 2.53 bits per heavy atom. The molecule has 1 aromatic rings. The molecule has 0 spiro atoms. The highest BCUT2D eigenvalue weighted by Crippen LogP contribution is 2.11. The van der Waals surface area contributed by atoms with Crippen molar-refractivity contribution < 1.29 is 14.4 Å². The zero-order chi connectivity index (χ0) is 13.7. The van der Waals surface area contributed by atoms with Crippen LogP contribution < -0.4 is 4.90 Å². The number of benzene rings is 1. The highest BCUT2D eigenvalue weighted by Gasteiger charge is 2.19. The van der Waals surface area contributed by atoms with Crippen molar-refractivity contribution in [3.05, 3.63) is 34.3 Å². The molecule has 0 radical (unpaired) electrons. The van der Waals surface area contributed by atoms with Gasteiger partial charge in [0.1, 0.15) is 12.6 Å². The van der Waals surface area contributed by atoms with Gasteiger partial charge in [0.15, 0.2) is 0 Å². The average molecular weight is 327 g/mol. The van der Waals surface area contributed by atoms with Gasteiger partial charge in [-0.25, -0.2) is 4.79 Å². The second kappa shape index (κ2) is 7.06. The molecule has 1 heterocycles. The highest BCUT2D eigenvalue weighted by atomic mass is 79.9. The molecule has 1 fully saturated rings. The van der Waals surface area contributed by atoms with Crippen LogP contribution in [0.2, 0.25) is 0 Å². The monoisotopic (exact) mass is 326 g/mol. The number of rotatable bonds is 4. The summed E-state index contributed by atoms with van der Waals surface area (Å²) in [6, 6.07) is 7.29. The summed E-state index contributed by atoms with van der Waals surface area (Å²) in [6.07, 6.45) is 3.91. The van der Waals surface area contributed by atoms with Crippen LogP contribution in [0.3, 0.4) is 0 Å². The van der Waals surface area contributed by atoms with Crippen molar-refractivity contribution in [2.45, 2.75) is 32.3 Å². The number of hydrogen-bond acceptors (Lipinski definition) is 2. The first-order chi connectivity index (χ1) is 9.15. The molecule has 0 aromatic heterocycles. The molecular weight excluding hydrogens is 306 g/mol. The summed E-state index contributed by atoms with van der Waals surface area (Å²) in [5, 5.41) is 0. The van der Waals surface area contributed by atoms with Gasteiger partial charge in [0.25, 0.3) is 0 Å². The molecule has 104 valence electrons. The van der Waals surface area contributed by atoms with E-state index in [0.717, 1.165) is 11.0 Å². The Bertz CT molecular complexity index is 413. The van der Waals surface area contributed by atoms with Gasteiger partial charge in [-0.2, -0.15) is 0 Å². The number of esters is 1. The van der Waals surface area contributed by atoms with Gasteiger partial charge >= 0.3 is 5.97 Å². The molecule has 0 unspecified atom stereocenters. The summed E-state index contributed by atoms with van der Waals surface area (Å²) in [7, 11) is 0. The Labute approximate surface area is 123 Å². The molecule has 0 saturated carbocycles. The molecule has 1 aliphatic rings. The quantitative estimate of drug-likeness (QED) is 0.859. The van der Waals surface area contributed by atoms with Gasteiger partial charge < -0.3 is 9.64 Å². The molecule has 1 saturated heterocycles. The van der Waals surface area contributed by atoms with Crippen LogP contribution in [-0.2, 0) is 4.74 Å². The Morgan fingerprint density at radius 2 is 1.89 bits per heavy atom. The fourth-order valence-corrected chi connectivity index (χ4v) is 2.81. The third kappa shape index (κ3) is 4.62. The van der Waals surface area contributed by atoms with Gasteiger partial charge in [-0.15, -0.1) is 0 Å². The summed E-state index contributed by atoms with van der Waals surface area (Å²) < 4.78 is 6.47. The number of hydrogen-bond donors (Lipinski definition) is 1. The maximum atomic E-state index is 12.0. The number of carbonyl (C=O) groups is 1. The maximum Gasteiger partial charge on any atom is 0.338 e. The molecule has 1 atom stereocenters. The van der Waals surface area contributed by atoms with Gasteiger partial charge in [0.05, 0.1) is 18.7 Å². The zero-order valence-corrected chi connectivity index (χ0v) is 12.9. The van der Waals surface area contributed by atoms with Crippen molar-refractivity contribution in [1.29, 1.82) is 0 Å². The minimum Gasteiger partial charge on any atom is -0.453 e. The van der Waals surface area contributed by atoms with E-state index in [2.05, 4.69) is 15.9 Å². The van der Waals surface area contributed by atoms with Crippen molar-refractivity contribution in [3.63, 3.8) is 0 Å². The molecule has 2 rings (SSSR count). The predicted octanol–water partition coefficient (Wildman–Crippen LogP) is 2.06. The minimum atomic E-state index is -0.226. The molecule has 3 nitrogen and oxygen atoms in total. The summed E-state index contributed by atoms with van der Waals surface area (Å²) in [6.45, 7) is 5.32. The van der Waals surface area contributed by atoms with Crippen LogP contribution in [0.4, 0.5) is 0 Å². The van der Waals surface area contributed by atoms with Crippen molar-refractivity contribution >= 4 is 21.9 Å². The number of quaternary nitrogens is 1. The number of likely N-dealkylation sites (tertiary alicyclic amines) is 1. The molecule has 0 amide bonds. The van der Waals surface area contributed by atoms with E-state index in [9.17, 15) is 4.79 Å². The summed E-state index contributed by atoms with van der Waals surface area (Å²) in [4.78, 5) is 13.5. The Kier molecular flexibility index (Phi) is 5.40. The maximum absolute atomic E-state index is 12.0. The van der Waals surface area contributed by atoms with E-state index in [-0.39, 0.29) is 12.1 Å². The molecule has 0 aliphatic carbocycles. The predicted molar refractivity (Wildman–Crippen MR) is 78.4 cm³/mol. The number of halogens is 1. The van der Waals surface area contributed by atoms with Gasteiger partial charge in [-0.05, 0) is 50.5 Å². The van der Waals surface area contributed by atoms with Gasteiger partial charge in [0, 0.05) is 4.47 Å². The summed E-state index contributed by atoms with van der Waals surface area (Å²) >= 11 is 3.36. The minimum absolute atomic E-state index is 0.0238. The molecular formula is C15H21BrNO2+. The van der Waals surface area contributed by atoms with E-state index < -0.39 is 0 Å². The third-order valence-corrected chi connectivity index (χ3v) is 4.05. The third-order valence-electron chi connectivity index (χ3n) is 3.52. The van der Waals surface area contributed by atoms with Gasteiger partial charge in [-0.3, -0.25) is 0 Å². The van der Waals surface area contributed by atoms with Crippen molar-refractivity contribution in [3.8, 4) is 0 Å². The molecule has 19 heavy (non-hydrogen) atoms. The Balaban J connectivity index is 1.82. The lowest BCUT2D eigenvalue weighted by Crippen LogP contribution is -3.13. The number of nitrogens with one attached hydrogen (secondary N) is 1. The summed E-state index contributed by atoms with van der Waals surface area (Å²) in [5.41, 5.74) is 0.615. The molecule has 4 heteroatoms. The molecule has 1 aromatic carbocycles. The van der Waals surface area contributed by atoms with E-state index in [1.165, 1.54) is 32.4 Å². The van der Waals surface area contributed by atoms with E-state index in [0.29, 0.717) is 5.56 Å². The van der Waals surface area contributed by atoms with Crippen molar-refractivity contribution in [2.24, 2.45) is 0 Å². The lowest BCUT2D eigenvalue weighted by atomic mass is 10.1. The van der Waals surface area contributed by atoms with Crippen LogP contribution in [-0.4, -0.2) is 31.7 Å². The first-order valence-electron chi connectivity index (χ1n) is 6.95. The average Bonchev–Trinajstić information content (AvgIpc) is 2.40. The number of carbonyl (C=O) groups excluding carboxylic acids is 1. The largest absolute Gasteiger partial charge is 0.453 e. The first-order valence-corrected chi connectivity index (χ1v) is 7.74. The second-order valence-electron chi connectivity index (χ2n) is 5.24. The SMILES string of the molecule is C[C@H](C[NH+]1CCCCC1)OC(=O)c1ccc(Br)cc1. The standard InChI is InChI=1S/C15H20BrNO2/c1-12(11-17-9-3-2-4-10-17)19-15(18)13-5-7-14(16)8-6-13/h5-8,12H,2-4,9-11H2,1H3/p+1/t12-/m1/s1.